The molecule has 7 heteroatoms. The Labute approximate surface area is 146 Å². The summed E-state index contributed by atoms with van der Waals surface area (Å²) in [7, 11) is 0. The van der Waals surface area contributed by atoms with Gasteiger partial charge in [-0.05, 0) is 44.0 Å². The number of halogens is 1. The summed E-state index contributed by atoms with van der Waals surface area (Å²) >= 11 is 4.87. The standard InChI is InChI=1S/C16H16BrN3O2S/c1-2-22-13-7-6-12(17)9-11(13)5-8-14(21)18-16-20-19-15(23-16)10-3-4-10/h5-10H,2-4H2,1H3,(H,18,20,21)/b8-5+. The molecule has 2 aromatic rings. The number of carbonyl (C=O) groups is 1. The molecule has 120 valence electrons. The van der Waals surface area contributed by atoms with Crippen LogP contribution < -0.4 is 10.1 Å². The maximum Gasteiger partial charge on any atom is 0.250 e. The molecule has 0 aliphatic heterocycles. The second-order valence-electron chi connectivity index (χ2n) is 5.16. The topological polar surface area (TPSA) is 64.1 Å². The van der Waals surface area contributed by atoms with Crippen LogP contribution in [-0.2, 0) is 4.79 Å². The van der Waals surface area contributed by atoms with Gasteiger partial charge in [-0.15, -0.1) is 10.2 Å². The third-order valence-corrected chi connectivity index (χ3v) is 4.78. The number of carbonyl (C=O) groups excluding carboxylic acids is 1. The number of ether oxygens (including phenoxy) is 1. The Morgan fingerprint density at radius 2 is 2.30 bits per heavy atom. The van der Waals surface area contributed by atoms with E-state index >= 15 is 0 Å². The van der Waals surface area contributed by atoms with Gasteiger partial charge >= 0.3 is 0 Å². The van der Waals surface area contributed by atoms with Gasteiger partial charge in [0, 0.05) is 22.0 Å². The molecule has 1 heterocycles. The third-order valence-electron chi connectivity index (χ3n) is 3.28. The maximum atomic E-state index is 12.0. The van der Waals surface area contributed by atoms with Crippen molar-refractivity contribution in [2.45, 2.75) is 25.7 Å². The van der Waals surface area contributed by atoms with E-state index in [1.54, 1.807) is 6.08 Å². The van der Waals surface area contributed by atoms with Crippen molar-refractivity contribution in [1.29, 1.82) is 0 Å². The van der Waals surface area contributed by atoms with Crippen molar-refractivity contribution >= 4 is 44.4 Å². The highest BCUT2D eigenvalue weighted by atomic mass is 79.9. The van der Waals surface area contributed by atoms with E-state index in [2.05, 4.69) is 31.4 Å². The monoisotopic (exact) mass is 393 g/mol. The number of amides is 1. The lowest BCUT2D eigenvalue weighted by Gasteiger charge is -2.07. The van der Waals surface area contributed by atoms with Crippen LogP contribution in [-0.4, -0.2) is 22.7 Å². The molecule has 0 spiro atoms. The van der Waals surface area contributed by atoms with Crippen LogP contribution in [0.25, 0.3) is 6.08 Å². The smallest absolute Gasteiger partial charge is 0.250 e. The quantitative estimate of drug-likeness (QED) is 0.745. The van der Waals surface area contributed by atoms with Gasteiger partial charge in [-0.1, -0.05) is 27.3 Å². The zero-order valence-corrected chi connectivity index (χ0v) is 15.0. The Balaban J connectivity index is 1.66. The summed E-state index contributed by atoms with van der Waals surface area (Å²) in [5, 5.41) is 12.4. The second-order valence-corrected chi connectivity index (χ2v) is 7.08. The molecule has 3 rings (SSSR count). The summed E-state index contributed by atoms with van der Waals surface area (Å²) in [6, 6.07) is 5.69. The first-order chi connectivity index (χ1) is 11.2. The highest BCUT2D eigenvalue weighted by Gasteiger charge is 2.27. The number of hydrogen-bond acceptors (Lipinski definition) is 5. The van der Waals surface area contributed by atoms with Crippen molar-refractivity contribution in [1.82, 2.24) is 10.2 Å². The van der Waals surface area contributed by atoms with Gasteiger partial charge in [0.15, 0.2) is 0 Å². The lowest BCUT2D eigenvalue weighted by Crippen LogP contribution is -2.07. The molecule has 1 N–H and O–H groups in total. The van der Waals surface area contributed by atoms with Crippen molar-refractivity contribution in [2.75, 3.05) is 11.9 Å². The van der Waals surface area contributed by atoms with Crippen LogP contribution in [0, 0.1) is 0 Å². The van der Waals surface area contributed by atoms with Gasteiger partial charge in [0.1, 0.15) is 10.8 Å². The van der Waals surface area contributed by atoms with E-state index in [0.29, 0.717) is 17.7 Å². The zero-order valence-electron chi connectivity index (χ0n) is 12.6. The molecule has 0 atom stereocenters. The van der Waals surface area contributed by atoms with Crippen LogP contribution in [0.4, 0.5) is 5.13 Å². The summed E-state index contributed by atoms with van der Waals surface area (Å²) in [4.78, 5) is 12.0. The average molecular weight is 394 g/mol. The molecule has 0 saturated heterocycles. The third kappa shape index (κ3) is 4.39. The minimum absolute atomic E-state index is 0.231. The largest absolute Gasteiger partial charge is 0.493 e. The SMILES string of the molecule is CCOc1ccc(Br)cc1/C=C/C(=O)Nc1nnc(C2CC2)s1. The normalized spacial score (nSPS) is 14.2. The van der Waals surface area contributed by atoms with Crippen LogP contribution in [0.1, 0.15) is 36.3 Å². The minimum Gasteiger partial charge on any atom is -0.493 e. The zero-order chi connectivity index (χ0) is 16.2. The van der Waals surface area contributed by atoms with Crippen molar-refractivity contribution in [3.05, 3.63) is 39.3 Å². The first kappa shape index (κ1) is 16.1. The molecular formula is C16H16BrN3O2S. The fourth-order valence-electron chi connectivity index (χ4n) is 2.03. The van der Waals surface area contributed by atoms with Crippen LogP contribution in [0.3, 0.4) is 0 Å². The van der Waals surface area contributed by atoms with Crippen LogP contribution in [0.15, 0.2) is 28.7 Å². The van der Waals surface area contributed by atoms with Crippen molar-refractivity contribution in [3.8, 4) is 5.75 Å². The molecule has 0 bridgehead atoms. The number of rotatable bonds is 6. The van der Waals surface area contributed by atoms with Gasteiger partial charge in [-0.25, -0.2) is 0 Å². The average Bonchev–Trinajstić information content (AvgIpc) is 3.28. The van der Waals surface area contributed by atoms with Crippen molar-refractivity contribution < 1.29 is 9.53 Å². The molecule has 5 nitrogen and oxygen atoms in total. The molecule has 1 aromatic carbocycles. The summed E-state index contributed by atoms with van der Waals surface area (Å²) in [6.07, 6.45) is 5.55. The molecule has 1 fully saturated rings. The number of benzene rings is 1. The highest BCUT2D eigenvalue weighted by molar-refractivity contribution is 9.10. The summed E-state index contributed by atoms with van der Waals surface area (Å²) in [5.74, 6) is 1.06. The highest BCUT2D eigenvalue weighted by Crippen LogP contribution is 2.42. The van der Waals surface area contributed by atoms with Crippen LogP contribution in [0.5, 0.6) is 5.75 Å². The van der Waals surface area contributed by atoms with E-state index in [1.807, 2.05) is 25.1 Å². The van der Waals surface area contributed by atoms with Crippen molar-refractivity contribution in [2.24, 2.45) is 0 Å². The molecule has 1 aromatic heterocycles. The number of aromatic nitrogens is 2. The predicted octanol–water partition coefficient (Wildman–Crippen LogP) is 4.23. The van der Waals surface area contributed by atoms with Gasteiger partial charge in [0.2, 0.25) is 11.0 Å². The molecule has 0 unspecified atom stereocenters. The second kappa shape index (κ2) is 7.23. The van der Waals surface area contributed by atoms with Gasteiger partial charge in [0.25, 0.3) is 0 Å². The Hall–Kier alpha value is -1.73. The van der Waals surface area contributed by atoms with Crippen LogP contribution in [0.2, 0.25) is 0 Å². The Kier molecular flexibility index (Phi) is 5.07. The Morgan fingerprint density at radius 1 is 1.48 bits per heavy atom. The van der Waals surface area contributed by atoms with Gasteiger partial charge < -0.3 is 4.74 Å². The summed E-state index contributed by atoms with van der Waals surface area (Å²) in [5.41, 5.74) is 0.840. The lowest BCUT2D eigenvalue weighted by molar-refractivity contribution is -0.111. The predicted molar refractivity (Wildman–Crippen MR) is 94.9 cm³/mol. The molecule has 1 aliphatic rings. The number of nitrogens with zero attached hydrogens (tertiary/aromatic N) is 2. The fourth-order valence-corrected chi connectivity index (χ4v) is 3.32. The van der Waals surface area contributed by atoms with Crippen molar-refractivity contribution in [3.63, 3.8) is 0 Å². The van der Waals surface area contributed by atoms with E-state index < -0.39 is 0 Å². The first-order valence-electron chi connectivity index (χ1n) is 7.40. The number of hydrogen-bond donors (Lipinski definition) is 1. The summed E-state index contributed by atoms with van der Waals surface area (Å²) < 4.78 is 6.48. The molecule has 1 amide bonds. The molecule has 0 radical (unpaired) electrons. The van der Waals surface area contributed by atoms with Crippen LogP contribution >= 0.6 is 27.3 Å². The first-order valence-corrected chi connectivity index (χ1v) is 9.01. The fraction of sp³-hybridized carbons (Fsp3) is 0.312. The van der Waals surface area contributed by atoms with E-state index in [4.69, 9.17) is 4.74 Å². The molecule has 1 aliphatic carbocycles. The van der Waals surface area contributed by atoms with E-state index in [1.165, 1.54) is 30.3 Å². The molecule has 23 heavy (non-hydrogen) atoms. The van der Waals surface area contributed by atoms with Gasteiger partial charge in [-0.2, -0.15) is 0 Å². The maximum absolute atomic E-state index is 12.0. The molecular weight excluding hydrogens is 378 g/mol. The van der Waals surface area contributed by atoms with E-state index in [0.717, 1.165) is 20.8 Å². The Bertz CT molecular complexity index is 741. The minimum atomic E-state index is -0.231. The number of nitrogens with one attached hydrogen (secondary N) is 1. The van der Waals surface area contributed by atoms with Gasteiger partial charge in [-0.3, -0.25) is 10.1 Å². The van der Waals surface area contributed by atoms with E-state index in [-0.39, 0.29) is 5.91 Å². The van der Waals surface area contributed by atoms with E-state index in [9.17, 15) is 4.79 Å². The molecule has 1 saturated carbocycles. The lowest BCUT2D eigenvalue weighted by atomic mass is 10.2. The summed E-state index contributed by atoms with van der Waals surface area (Å²) in [6.45, 7) is 2.50. The number of anilines is 1. The van der Waals surface area contributed by atoms with Gasteiger partial charge in [0.05, 0.1) is 6.61 Å². The Morgan fingerprint density at radius 3 is 3.04 bits per heavy atom.